The van der Waals surface area contributed by atoms with Crippen LogP contribution in [-0.4, -0.2) is 58.5 Å². The molecule has 2 atom stereocenters. The molecule has 4 N–H and O–H groups in total. The SMILES string of the molecule is CNC1CCCCC1[N+](C)(C)c1cnc(C(N)=O)c(Nc2ccn3ccnc3c2)n1. The number of pyridine rings is 1. The van der Waals surface area contributed by atoms with Gasteiger partial charge in [-0.3, -0.25) is 9.28 Å². The topological polar surface area (TPSA) is 110 Å². The number of anilines is 2. The Bertz CT molecular complexity index is 1060. The molecule has 1 fully saturated rings. The van der Waals surface area contributed by atoms with Gasteiger partial charge in [0.25, 0.3) is 5.91 Å². The summed E-state index contributed by atoms with van der Waals surface area (Å²) in [4.78, 5) is 25.5. The first-order valence-electron chi connectivity index (χ1n) is 10.3. The van der Waals surface area contributed by atoms with Gasteiger partial charge >= 0.3 is 0 Å². The number of primary amides is 1. The van der Waals surface area contributed by atoms with Gasteiger partial charge in [-0.25, -0.2) is 9.97 Å². The summed E-state index contributed by atoms with van der Waals surface area (Å²) < 4.78 is 2.48. The Labute approximate surface area is 175 Å². The van der Waals surface area contributed by atoms with Gasteiger partial charge in [-0.15, -0.1) is 0 Å². The van der Waals surface area contributed by atoms with Crippen LogP contribution in [0.3, 0.4) is 0 Å². The van der Waals surface area contributed by atoms with E-state index in [-0.39, 0.29) is 5.69 Å². The van der Waals surface area contributed by atoms with E-state index < -0.39 is 5.91 Å². The highest BCUT2D eigenvalue weighted by Crippen LogP contribution is 2.31. The molecule has 0 bridgehead atoms. The number of fused-ring (bicyclic) bond motifs is 1. The highest BCUT2D eigenvalue weighted by Gasteiger charge is 2.40. The molecule has 4 rings (SSSR count). The predicted molar refractivity (Wildman–Crippen MR) is 118 cm³/mol. The third-order valence-corrected chi connectivity index (χ3v) is 6.17. The molecule has 9 heteroatoms. The van der Waals surface area contributed by atoms with Crippen molar-refractivity contribution >= 4 is 28.9 Å². The minimum absolute atomic E-state index is 0.121. The van der Waals surface area contributed by atoms with Gasteiger partial charge in [0.2, 0.25) is 5.82 Å². The zero-order chi connectivity index (χ0) is 21.3. The number of carbonyl (C=O) groups excluding carboxylic acids is 1. The molecule has 3 heterocycles. The number of nitrogens with zero attached hydrogens (tertiary/aromatic N) is 5. The summed E-state index contributed by atoms with van der Waals surface area (Å²) >= 11 is 0. The van der Waals surface area contributed by atoms with Crippen molar-refractivity contribution in [3.63, 3.8) is 0 Å². The first-order valence-corrected chi connectivity index (χ1v) is 10.3. The zero-order valence-corrected chi connectivity index (χ0v) is 17.7. The molecule has 1 saturated carbocycles. The van der Waals surface area contributed by atoms with Crippen LogP contribution in [0.25, 0.3) is 5.65 Å². The number of amides is 1. The molecule has 1 amide bonds. The van der Waals surface area contributed by atoms with Gasteiger partial charge in [-0.1, -0.05) is 6.42 Å². The van der Waals surface area contributed by atoms with Crippen molar-refractivity contribution in [2.45, 2.75) is 37.8 Å². The van der Waals surface area contributed by atoms with E-state index in [0.717, 1.165) is 30.0 Å². The zero-order valence-electron chi connectivity index (χ0n) is 17.7. The van der Waals surface area contributed by atoms with Crippen LogP contribution >= 0.6 is 0 Å². The second-order valence-electron chi connectivity index (χ2n) is 8.31. The lowest BCUT2D eigenvalue weighted by Crippen LogP contribution is -2.60. The minimum atomic E-state index is -0.616. The van der Waals surface area contributed by atoms with Crippen molar-refractivity contribution in [1.29, 1.82) is 0 Å². The Balaban J connectivity index is 1.70. The van der Waals surface area contributed by atoms with Gasteiger partial charge in [-0.05, 0) is 26.0 Å². The monoisotopic (exact) mass is 409 g/mol. The van der Waals surface area contributed by atoms with Crippen LogP contribution in [0.2, 0.25) is 0 Å². The van der Waals surface area contributed by atoms with Crippen molar-refractivity contribution in [3.8, 4) is 0 Å². The lowest BCUT2D eigenvalue weighted by molar-refractivity contribution is 0.0996. The summed E-state index contributed by atoms with van der Waals surface area (Å²) in [5.41, 5.74) is 7.25. The molecule has 0 aliphatic heterocycles. The molecule has 2 unspecified atom stereocenters. The fourth-order valence-corrected chi connectivity index (χ4v) is 4.44. The van der Waals surface area contributed by atoms with Crippen LogP contribution < -0.4 is 20.9 Å². The molecule has 158 valence electrons. The highest BCUT2D eigenvalue weighted by molar-refractivity contribution is 5.96. The van der Waals surface area contributed by atoms with Crippen LogP contribution in [-0.2, 0) is 0 Å². The number of rotatable bonds is 6. The summed E-state index contributed by atoms with van der Waals surface area (Å²) in [6, 6.07) is 4.56. The molecular formula is C21H29N8O+. The van der Waals surface area contributed by atoms with E-state index in [1.54, 1.807) is 12.4 Å². The lowest BCUT2D eigenvalue weighted by atomic mass is 9.88. The molecule has 3 aromatic heterocycles. The normalized spacial score (nSPS) is 19.7. The summed E-state index contributed by atoms with van der Waals surface area (Å²) in [6.45, 7) is 0. The number of carbonyl (C=O) groups is 1. The third kappa shape index (κ3) is 3.73. The van der Waals surface area contributed by atoms with E-state index in [9.17, 15) is 4.79 Å². The number of likely N-dealkylation sites (N-methyl/N-ethyl adjacent to an activating group) is 2. The molecule has 30 heavy (non-hydrogen) atoms. The van der Waals surface area contributed by atoms with Crippen LogP contribution in [0.1, 0.15) is 36.2 Å². The van der Waals surface area contributed by atoms with E-state index in [1.165, 1.54) is 12.8 Å². The van der Waals surface area contributed by atoms with Gasteiger partial charge in [0, 0.05) is 36.8 Å². The minimum Gasteiger partial charge on any atom is -0.364 e. The second-order valence-corrected chi connectivity index (χ2v) is 8.31. The van der Waals surface area contributed by atoms with Gasteiger partial charge in [0.1, 0.15) is 17.9 Å². The average molecular weight is 410 g/mol. The van der Waals surface area contributed by atoms with Crippen LogP contribution in [0.4, 0.5) is 17.3 Å². The Morgan fingerprint density at radius 2 is 2.03 bits per heavy atom. The number of hydrogen-bond donors (Lipinski definition) is 3. The van der Waals surface area contributed by atoms with Crippen molar-refractivity contribution < 1.29 is 4.79 Å². The Morgan fingerprint density at radius 3 is 2.80 bits per heavy atom. The van der Waals surface area contributed by atoms with Gasteiger partial charge in [0.05, 0.1) is 20.1 Å². The van der Waals surface area contributed by atoms with E-state index in [4.69, 9.17) is 10.7 Å². The number of aromatic nitrogens is 4. The maximum atomic E-state index is 12.0. The molecule has 9 nitrogen and oxygen atoms in total. The fraction of sp³-hybridized carbons (Fsp3) is 0.429. The summed E-state index contributed by atoms with van der Waals surface area (Å²) in [5.74, 6) is 0.532. The van der Waals surface area contributed by atoms with Crippen molar-refractivity contribution in [2.24, 2.45) is 5.73 Å². The molecule has 0 saturated heterocycles. The standard InChI is InChI=1S/C21H28N8O/c1-23-15-6-4-5-7-16(15)29(2,3)18-13-25-19(20(22)30)21(27-18)26-14-8-10-28-11-9-24-17(28)12-14/h8-13,15-16,23H,4-7H2,1-3H3,(H2-,22,24,26,27,30)/p+1. The quantitative estimate of drug-likeness (QED) is 0.538. The Morgan fingerprint density at radius 1 is 1.23 bits per heavy atom. The number of hydrogen-bond acceptors (Lipinski definition) is 6. The van der Waals surface area contributed by atoms with E-state index in [1.807, 2.05) is 36.0 Å². The summed E-state index contributed by atoms with van der Waals surface area (Å²) in [7, 11) is 6.31. The molecule has 0 spiro atoms. The molecule has 3 aromatic rings. The second kappa shape index (κ2) is 8.00. The van der Waals surface area contributed by atoms with Crippen LogP contribution in [0.5, 0.6) is 0 Å². The van der Waals surface area contributed by atoms with E-state index in [2.05, 4.69) is 34.7 Å². The smallest absolute Gasteiger partial charge is 0.271 e. The molecule has 1 aliphatic carbocycles. The number of imidazole rings is 1. The van der Waals surface area contributed by atoms with Crippen molar-refractivity contribution in [2.75, 3.05) is 26.5 Å². The largest absolute Gasteiger partial charge is 0.364 e. The van der Waals surface area contributed by atoms with Crippen LogP contribution in [0.15, 0.2) is 36.9 Å². The third-order valence-electron chi connectivity index (χ3n) is 6.17. The van der Waals surface area contributed by atoms with E-state index >= 15 is 0 Å². The summed E-state index contributed by atoms with van der Waals surface area (Å²) in [6.07, 6.45) is 11.9. The first-order chi connectivity index (χ1) is 14.4. The van der Waals surface area contributed by atoms with Gasteiger partial charge < -0.3 is 20.8 Å². The fourth-order valence-electron chi connectivity index (χ4n) is 4.44. The Hall–Kier alpha value is -3.04. The lowest BCUT2D eigenvalue weighted by Gasteiger charge is -2.43. The molecule has 0 aromatic carbocycles. The molecular weight excluding hydrogens is 380 g/mol. The van der Waals surface area contributed by atoms with Crippen molar-refractivity contribution in [3.05, 3.63) is 42.6 Å². The highest BCUT2D eigenvalue weighted by atomic mass is 16.1. The maximum Gasteiger partial charge on any atom is 0.271 e. The molecule has 1 aliphatic rings. The number of nitrogens with one attached hydrogen (secondary N) is 2. The number of quaternary nitrogens is 1. The molecule has 0 radical (unpaired) electrons. The van der Waals surface area contributed by atoms with E-state index in [0.29, 0.717) is 22.4 Å². The van der Waals surface area contributed by atoms with Crippen molar-refractivity contribution in [1.82, 2.24) is 29.2 Å². The average Bonchev–Trinajstić information content (AvgIpc) is 3.21. The van der Waals surface area contributed by atoms with Crippen LogP contribution in [0, 0.1) is 0 Å². The number of nitrogens with two attached hydrogens (primary N) is 1. The maximum absolute atomic E-state index is 12.0. The Kier molecular flexibility index (Phi) is 5.40. The van der Waals surface area contributed by atoms with Gasteiger partial charge in [0.15, 0.2) is 11.5 Å². The predicted octanol–water partition coefficient (Wildman–Crippen LogP) is 2.06. The first kappa shape index (κ1) is 20.2. The summed E-state index contributed by atoms with van der Waals surface area (Å²) in [5, 5.41) is 6.69. The van der Waals surface area contributed by atoms with Gasteiger partial charge in [-0.2, -0.15) is 4.98 Å².